The Morgan fingerprint density at radius 2 is 1.94 bits per heavy atom. The highest BCUT2D eigenvalue weighted by atomic mass is 32.1. The van der Waals surface area contributed by atoms with Crippen molar-refractivity contribution in [1.82, 2.24) is 5.32 Å². The lowest BCUT2D eigenvalue weighted by Crippen LogP contribution is -2.62. The normalized spacial score (nSPS) is 22.2. The van der Waals surface area contributed by atoms with Gasteiger partial charge in [-0.2, -0.15) is 15.1 Å². The van der Waals surface area contributed by atoms with Crippen molar-refractivity contribution in [2.45, 2.75) is 24.6 Å². The largest absolute Gasteiger partial charge is 0.762 e. The van der Waals surface area contributed by atoms with E-state index in [1.807, 2.05) is 83.7 Å². The van der Waals surface area contributed by atoms with Gasteiger partial charge >= 0.3 is 0 Å². The number of aryl methyl sites for hydroxylation is 1. The minimum Gasteiger partial charge on any atom is -0.762 e. The highest BCUT2D eigenvalue weighted by molar-refractivity contribution is 7.10. The maximum Gasteiger partial charge on any atom is 0.227 e. The van der Waals surface area contributed by atoms with E-state index in [2.05, 4.69) is 11.4 Å². The summed E-state index contributed by atoms with van der Waals surface area (Å²) in [4.78, 5) is 0.851. The average molecular weight is 438 g/mol. The quantitative estimate of drug-likeness (QED) is 0.370. The molecule has 2 aromatic heterocycles. The van der Waals surface area contributed by atoms with E-state index in [0.29, 0.717) is 5.56 Å². The molecule has 7 heteroatoms. The van der Waals surface area contributed by atoms with Crippen molar-refractivity contribution in [3.05, 3.63) is 111 Å². The van der Waals surface area contributed by atoms with Crippen LogP contribution in [0, 0.1) is 29.6 Å². The van der Waals surface area contributed by atoms with Gasteiger partial charge in [0.15, 0.2) is 12.4 Å². The van der Waals surface area contributed by atoms with Crippen LogP contribution in [0.3, 0.4) is 0 Å². The molecule has 1 aliphatic heterocycles. The molecular weight excluding hydrogens is 418 g/mol. The number of thiophene rings is 1. The van der Waals surface area contributed by atoms with Crippen LogP contribution in [0.1, 0.15) is 28.0 Å². The summed E-state index contributed by atoms with van der Waals surface area (Å²) >= 11 is 1.46. The first-order chi connectivity index (χ1) is 15.5. The maximum absolute atomic E-state index is 12.2. The van der Waals surface area contributed by atoms with Gasteiger partial charge in [0, 0.05) is 22.1 Å². The molecule has 4 rings (SSSR count). The molecule has 0 amide bonds. The van der Waals surface area contributed by atoms with Gasteiger partial charge in [0.05, 0.1) is 28.8 Å². The molecule has 32 heavy (non-hydrogen) atoms. The third-order valence-corrected chi connectivity index (χ3v) is 6.54. The summed E-state index contributed by atoms with van der Waals surface area (Å²) < 4.78 is 1.90. The molecule has 0 unspecified atom stereocenters. The lowest BCUT2D eigenvalue weighted by atomic mass is 9.75. The number of benzene rings is 1. The molecule has 3 heterocycles. The van der Waals surface area contributed by atoms with Crippen LogP contribution in [0.5, 0.6) is 0 Å². The molecule has 2 N–H and O–H groups in total. The molecule has 0 fully saturated rings. The number of aromatic nitrogens is 1. The minimum absolute atomic E-state index is 0.0618. The molecule has 3 aromatic rings. The standard InChI is InChI=1S/C25H19N5OS/c1-17-7-5-11-30(16-17)24-22(21-10-6-12-32-21)20(15-28)23(18(13-26)14-27)29-25(24,31)19-8-3-2-4-9-19/h2-12,16,22,24,29,31H,1H3/t22-,24+,25+/m1/s1. The monoisotopic (exact) mass is 437 g/mol. The van der Waals surface area contributed by atoms with Crippen molar-refractivity contribution in [2.75, 3.05) is 0 Å². The predicted octanol–water partition coefficient (Wildman–Crippen LogP) is 3.58. The maximum atomic E-state index is 12.2. The summed E-state index contributed by atoms with van der Waals surface area (Å²) in [6, 6.07) is 20.1. The Balaban J connectivity index is 2.10. The summed E-state index contributed by atoms with van der Waals surface area (Å²) in [5, 5.41) is 46.5. The van der Waals surface area contributed by atoms with E-state index in [9.17, 15) is 21.0 Å². The summed E-state index contributed by atoms with van der Waals surface area (Å²) in [7, 11) is 0. The number of hydrogen-bond donors (Lipinski definition) is 2. The van der Waals surface area contributed by atoms with Crippen molar-refractivity contribution < 1.29 is 9.67 Å². The van der Waals surface area contributed by atoms with Gasteiger partial charge in [-0.15, -0.1) is 11.3 Å². The molecule has 3 atom stereocenters. The predicted molar refractivity (Wildman–Crippen MR) is 121 cm³/mol. The van der Waals surface area contributed by atoms with Crippen LogP contribution in [-0.4, -0.2) is 11.0 Å². The topological polar surface area (TPSA) is 106 Å². The lowest BCUT2D eigenvalue weighted by Gasteiger charge is -2.42. The van der Waals surface area contributed by atoms with Gasteiger partial charge in [-0.1, -0.05) is 36.4 Å². The third-order valence-electron chi connectivity index (χ3n) is 5.59. The van der Waals surface area contributed by atoms with Crippen molar-refractivity contribution in [2.24, 2.45) is 0 Å². The van der Waals surface area contributed by atoms with E-state index in [1.165, 1.54) is 11.3 Å². The molecular formula is C25H19N5OS. The van der Waals surface area contributed by atoms with Crippen molar-refractivity contribution in [3.8, 4) is 12.1 Å². The number of pyridine rings is 1. The number of nitrogens with one attached hydrogen (secondary N) is 1. The number of nitriles is 2. The van der Waals surface area contributed by atoms with Gasteiger partial charge in [-0.05, 0) is 24.4 Å². The van der Waals surface area contributed by atoms with Crippen LogP contribution in [0.25, 0.3) is 5.41 Å². The molecule has 1 aromatic carbocycles. The summed E-state index contributed by atoms with van der Waals surface area (Å²) in [5.74, 6) is 1.28. The highest BCUT2D eigenvalue weighted by Crippen LogP contribution is 2.48. The molecule has 0 spiro atoms. The van der Waals surface area contributed by atoms with Crippen LogP contribution >= 0.6 is 11.3 Å². The molecule has 156 valence electrons. The zero-order chi connectivity index (χ0) is 22.7. The zero-order valence-electron chi connectivity index (χ0n) is 17.2. The minimum atomic E-state index is -1.71. The second-order valence-electron chi connectivity index (χ2n) is 7.52. The lowest BCUT2D eigenvalue weighted by molar-refractivity contribution is -0.744. The first-order valence-electron chi connectivity index (χ1n) is 9.92. The first-order valence-corrected chi connectivity index (χ1v) is 10.8. The summed E-state index contributed by atoms with van der Waals surface area (Å²) in [6.45, 7) is 1.96. The average Bonchev–Trinajstić information content (AvgIpc) is 3.35. The molecule has 0 aliphatic carbocycles. The number of aliphatic hydroxyl groups is 1. The van der Waals surface area contributed by atoms with Crippen LogP contribution in [0.15, 0.2) is 89.2 Å². The fraction of sp³-hybridized carbons (Fsp3) is 0.160. The van der Waals surface area contributed by atoms with E-state index in [-0.39, 0.29) is 16.8 Å². The molecule has 0 bridgehead atoms. The fourth-order valence-corrected chi connectivity index (χ4v) is 5.09. The number of rotatable bonds is 4. The second kappa shape index (κ2) is 8.63. The summed E-state index contributed by atoms with van der Waals surface area (Å²) in [5.41, 5.74) is -0.0991. The molecule has 0 radical (unpaired) electrons. The molecule has 1 aliphatic rings. The molecule has 6 nitrogen and oxygen atoms in total. The Morgan fingerprint density at radius 1 is 1.16 bits per heavy atom. The van der Waals surface area contributed by atoms with E-state index in [0.717, 1.165) is 10.4 Å². The Kier molecular flexibility index (Phi) is 5.73. The second-order valence-corrected chi connectivity index (χ2v) is 8.50. The zero-order valence-corrected chi connectivity index (χ0v) is 18.0. The van der Waals surface area contributed by atoms with Crippen LogP contribution in [0.4, 0.5) is 0 Å². The Hall–Kier alpha value is -4.00. The number of hydrogen-bond acceptors (Lipinski definition) is 5. The fourth-order valence-electron chi connectivity index (χ4n) is 4.22. The summed E-state index contributed by atoms with van der Waals surface area (Å²) in [6.07, 6.45) is 3.77. The van der Waals surface area contributed by atoms with Gasteiger partial charge in [0.25, 0.3) is 0 Å². The Bertz CT molecular complexity index is 1310. The smallest absolute Gasteiger partial charge is 0.227 e. The van der Waals surface area contributed by atoms with Crippen LogP contribution in [0.2, 0.25) is 0 Å². The SMILES string of the molecule is Cc1ccc[n+]([C@H]2[C@@H](c3cccs3)C(C#N)=C(C(=C=[N-])C#N)N[C@]2(O)c2ccccc2)c1. The van der Waals surface area contributed by atoms with Crippen molar-refractivity contribution in [1.29, 1.82) is 10.5 Å². The number of nitrogens with zero attached hydrogens (tertiary/aromatic N) is 4. The van der Waals surface area contributed by atoms with E-state index < -0.39 is 17.7 Å². The van der Waals surface area contributed by atoms with Gasteiger partial charge < -0.3 is 15.8 Å². The van der Waals surface area contributed by atoms with Gasteiger partial charge in [0.1, 0.15) is 6.07 Å². The van der Waals surface area contributed by atoms with Gasteiger partial charge in [-0.25, -0.2) is 5.87 Å². The number of allylic oxidation sites excluding steroid dienone is 2. The third kappa shape index (κ3) is 3.51. The van der Waals surface area contributed by atoms with E-state index in [1.54, 1.807) is 12.1 Å². The van der Waals surface area contributed by atoms with Gasteiger partial charge in [0.2, 0.25) is 11.8 Å². The first kappa shape index (κ1) is 21.2. The molecule has 0 saturated carbocycles. The van der Waals surface area contributed by atoms with E-state index in [4.69, 9.17) is 0 Å². The molecule has 0 saturated heterocycles. The highest BCUT2D eigenvalue weighted by Gasteiger charge is 2.56. The van der Waals surface area contributed by atoms with Crippen LogP contribution in [-0.2, 0) is 5.72 Å². The van der Waals surface area contributed by atoms with Crippen LogP contribution < -0.4 is 9.88 Å². The van der Waals surface area contributed by atoms with Gasteiger partial charge in [-0.3, -0.25) is 0 Å². The van der Waals surface area contributed by atoms with E-state index >= 15 is 0 Å². The Labute approximate surface area is 190 Å². The Morgan fingerprint density at radius 3 is 2.53 bits per heavy atom. The van der Waals surface area contributed by atoms with Crippen molar-refractivity contribution >= 4 is 17.2 Å². The van der Waals surface area contributed by atoms with Crippen molar-refractivity contribution in [3.63, 3.8) is 0 Å².